The lowest BCUT2D eigenvalue weighted by Gasteiger charge is -2.31. The molecule has 9 heteroatoms. The van der Waals surface area contributed by atoms with Crippen LogP contribution in [0.2, 0.25) is 0 Å². The van der Waals surface area contributed by atoms with Gasteiger partial charge in [0.2, 0.25) is 11.9 Å². The fourth-order valence-corrected chi connectivity index (χ4v) is 2.86. The van der Waals surface area contributed by atoms with E-state index in [9.17, 15) is 14.0 Å². The molecular formula is C16H19FN5O3+. The molecule has 0 saturated carbocycles. The van der Waals surface area contributed by atoms with Crippen LogP contribution in [0.25, 0.3) is 0 Å². The molecule has 1 fully saturated rings. The van der Waals surface area contributed by atoms with Gasteiger partial charge in [0.15, 0.2) is 0 Å². The predicted octanol–water partition coefficient (Wildman–Crippen LogP) is -0.419. The van der Waals surface area contributed by atoms with Crippen LogP contribution in [-0.4, -0.2) is 76.5 Å². The molecule has 0 aliphatic carbocycles. The van der Waals surface area contributed by atoms with Crippen molar-refractivity contribution in [3.05, 3.63) is 35.6 Å². The van der Waals surface area contributed by atoms with Gasteiger partial charge in [0, 0.05) is 14.1 Å². The van der Waals surface area contributed by atoms with Crippen LogP contribution in [0.5, 0.6) is 0 Å². The van der Waals surface area contributed by atoms with Crippen molar-refractivity contribution < 1.29 is 23.7 Å². The van der Waals surface area contributed by atoms with Gasteiger partial charge in [-0.2, -0.15) is 0 Å². The summed E-state index contributed by atoms with van der Waals surface area (Å²) in [7, 11) is 2.98. The zero-order chi connectivity index (χ0) is 18.1. The fourth-order valence-electron chi connectivity index (χ4n) is 2.86. The molecule has 8 nitrogen and oxygen atoms in total. The highest BCUT2D eigenvalue weighted by Gasteiger charge is 2.51. The molecule has 0 aromatic heterocycles. The highest BCUT2D eigenvalue weighted by molar-refractivity contribution is 6.22. The maximum absolute atomic E-state index is 13.1. The van der Waals surface area contributed by atoms with Crippen LogP contribution in [-0.2, 0) is 11.3 Å². The van der Waals surface area contributed by atoms with Gasteiger partial charge in [-0.25, -0.2) is 13.8 Å². The standard InChI is InChI=1S/C16H18FN5O3/c1-20-13-12(14(24)21(2)16(20)25)22(15(19-13)18-7-8-23)9-10-3-5-11(17)6-4-10/h3-6,12,23H,7-9H2,1-2H3/p+1. The van der Waals surface area contributed by atoms with Crippen LogP contribution < -0.4 is 5.32 Å². The number of amides is 3. The zero-order valence-electron chi connectivity index (χ0n) is 13.9. The van der Waals surface area contributed by atoms with E-state index >= 15 is 0 Å². The Balaban J connectivity index is 1.98. The molecule has 0 spiro atoms. The quantitative estimate of drug-likeness (QED) is 0.724. The van der Waals surface area contributed by atoms with Crippen molar-refractivity contribution in [2.24, 2.45) is 4.99 Å². The van der Waals surface area contributed by atoms with E-state index < -0.39 is 12.1 Å². The first-order valence-electron chi connectivity index (χ1n) is 7.80. The summed E-state index contributed by atoms with van der Waals surface area (Å²) in [4.78, 5) is 31.5. The number of nitrogens with one attached hydrogen (secondary N) is 1. The average molecular weight is 348 g/mol. The topological polar surface area (TPSA) is 88.2 Å². The van der Waals surface area contributed by atoms with E-state index in [0.717, 1.165) is 10.5 Å². The number of likely N-dealkylation sites (N-methyl/N-ethyl adjacent to an activating group) is 2. The van der Waals surface area contributed by atoms with Crippen LogP contribution in [0.15, 0.2) is 29.3 Å². The summed E-state index contributed by atoms with van der Waals surface area (Å²) in [6.45, 7) is 0.444. The van der Waals surface area contributed by atoms with Crippen molar-refractivity contribution in [3.8, 4) is 0 Å². The summed E-state index contributed by atoms with van der Waals surface area (Å²) >= 11 is 0. The summed E-state index contributed by atoms with van der Waals surface area (Å²) in [6, 6.07) is 4.74. The number of aliphatic hydroxyl groups is 1. The second-order valence-electron chi connectivity index (χ2n) is 5.84. The van der Waals surface area contributed by atoms with E-state index in [4.69, 9.17) is 5.11 Å². The summed E-state index contributed by atoms with van der Waals surface area (Å²) in [5.41, 5.74) is 0.788. The van der Waals surface area contributed by atoms with Gasteiger partial charge in [-0.15, -0.1) is 0 Å². The van der Waals surface area contributed by atoms with Crippen molar-refractivity contribution in [1.82, 2.24) is 15.1 Å². The summed E-state index contributed by atoms with van der Waals surface area (Å²) in [5, 5.41) is 12.0. The van der Waals surface area contributed by atoms with Gasteiger partial charge >= 0.3 is 12.0 Å². The second kappa shape index (κ2) is 6.60. The van der Waals surface area contributed by atoms with E-state index in [1.54, 1.807) is 23.8 Å². The number of hydrogen-bond acceptors (Lipinski definition) is 5. The molecular weight excluding hydrogens is 329 g/mol. The number of fused-ring (bicyclic) bond motifs is 1. The molecule has 3 rings (SSSR count). The molecule has 25 heavy (non-hydrogen) atoms. The molecule has 2 heterocycles. The minimum Gasteiger partial charge on any atom is -0.393 e. The number of carbonyl (C=O) groups excluding carboxylic acids is 2. The van der Waals surface area contributed by atoms with Crippen LogP contribution in [0.1, 0.15) is 5.56 Å². The van der Waals surface area contributed by atoms with Crippen LogP contribution in [0, 0.1) is 5.82 Å². The van der Waals surface area contributed by atoms with E-state index in [-0.39, 0.29) is 24.9 Å². The number of carbonyl (C=O) groups is 2. The van der Waals surface area contributed by atoms with Gasteiger partial charge in [0.1, 0.15) is 5.82 Å². The maximum atomic E-state index is 13.1. The number of aliphatic imine (C=N–C) groups is 1. The number of imide groups is 1. The smallest absolute Gasteiger partial charge is 0.390 e. The first kappa shape index (κ1) is 17.0. The molecule has 0 radical (unpaired) electrons. The number of benzene rings is 1. The zero-order valence-corrected chi connectivity index (χ0v) is 13.9. The maximum Gasteiger partial charge on any atom is 0.390 e. The number of hydrogen-bond donors (Lipinski definition) is 2. The number of rotatable bonds is 4. The normalized spacial score (nSPS) is 20.2. The fraction of sp³-hybridized carbons (Fsp3) is 0.375. The van der Waals surface area contributed by atoms with Crippen molar-refractivity contribution in [2.75, 3.05) is 27.2 Å². The SMILES string of the molecule is CN1C(=O)C2C(=NC(NCCO)=[N+]2Cc2ccc(F)cc2)N(C)C1=O. The van der Waals surface area contributed by atoms with E-state index in [2.05, 4.69) is 10.3 Å². The van der Waals surface area contributed by atoms with Crippen LogP contribution >= 0.6 is 0 Å². The van der Waals surface area contributed by atoms with Gasteiger partial charge in [0.05, 0.1) is 19.7 Å². The van der Waals surface area contributed by atoms with Crippen molar-refractivity contribution in [2.45, 2.75) is 12.6 Å². The molecule has 3 amide bonds. The number of aliphatic hydroxyl groups excluding tert-OH is 1. The molecule has 2 aliphatic rings. The van der Waals surface area contributed by atoms with E-state index in [0.29, 0.717) is 18.3 Å². The number of guanidine groups is 1. The number of nitrogens with zero attached hydrogens (tertiary/aromatic N) is 4. The molecule has 2 N–H and O–H groups in total. The second-order valence-corrected chi connectivity index (χ2v) is 5.84. The Bertz CT molecular complexity index is 774. The van der Waals surface area contributed by atoms with Crippen molar-refractivity contribution in [1.29, 1.82) is 0 Å². The van der Waals surface area contributed by atoms with Gasteiger partial charge in [-0.05, 0) is 17.7 Å². The average Bonchev–Trinajstić information content (AvgIpc) is 2.96. The first-order chi connectivity index (χ1) is 11.9. The number of halogens is 1. The molecule has 1 aromatic rings. The highest BCUT2D eigenvalue weighted by Crippen LogP contribution is 2.20. The van der Waals surface area contributed by atoms with Crippen molar-refractivity contribution in [3.63, 3.8) is 0 Å². The van der Waals surface area contributed by atoms with Gasteiger partial charge < -0.3 is 5.11 Å². The molecule has 2 aliphatic heterocycles. The van der Waals surface area contributed by atoms with Crippen LogP contribution in [0.4, 0.5) is 9.18 Å². The lowest BCUT2D eigenvalue weighted by Crippen LogP contribution is -2.61. The Morgan fingerprint density at radius 1 is 1.24 bits per heavy atom. The molecule has 1 aromatic carbocycles. The van der Waals surface area contributed by atoms with E-state index in [1.807, 2.05) is 0 Å². The van der Waals surface area contributed by atoms with Crippen molar-refractivity contribution >= 4 is 23.7 Å². The Morgan fingerprint density at radius 3 is 2.56 bits per heavy atom. The predicted molar refractivity (Wildman–Crippen MR) is 87.6 cm³/mol. The minimum absolute atomic E-state index is 0.105. The summed E-state index contributed by atoms with van der Waals surface area (Å²) in [6.07, 6.45) is 0. The van der Waals surface area contributed by atoms with Gasteiger partial charge in [-0.3, -0.25) is 19.9 Å². The Labute approximate surface area is 143 Å². The molecule has 132 valence electrons. The summed E-state index contributed by atoms with van der Waals surface area (Å²) in [5.74, 6) is -0.00869. The molecule has 1 unspecified atom stereocenters. The van der Waals surface area contributed by atoms with Crippen LogP contribution in [0.3, 0.4) is 0 Å². The third-order valence-electron chi connectivity index (χ3n) is 4.19. The first-order valence-corrected chi connectivity index (χ1v) is 7.80. The van der Waals surface area contributed by atoms with Gasteiger partial charge in [0.25, 0.3) is 5.91 Å². The Morgan fingerprint density at radius 2 is 1.92 bits per heavy atom. The van der Waals surface area contributed by atoms with E-state index in [1.165, 1.54) is 24.1 Å². The molecule has 0 bridgehead atoms. The number of amidine groups is 1. The monoisotopic (exact) mass is 348 g/mol. The molecule has 1 atom stereocenters. The number of urea groups is 1. The molecule has 1 saturated heterocycles. The lowest BCUT2D eigenvalue weighted by atomic mass is 10.1. The summed E-state index contributed by atoms with van der Waals surface area (Å²) < 4.78 is 14.8. The Kier molecular flexibility index (Phi) is 4.49. The van der Waals surface area contributed by atoms with Gasteiger partial charge in [-0.1, -0.05) is 17.1 Å². The Hall–Kier alpha value is -2.81. The lowest BCUT2D eigenvalue weighted by molar-refractivity contribution is -0.553. The minimum atomic E-state index is -0.751. The highest BCUT2D eigenvalue weighted by atomic mass is 19.1. The third-order valence-corrected chi connectivity index (χ3v) is 4.19. The third kappa shape index (κ3) is 2.98. The largest absolute Gasteiger partial charge is 0.393 e.